The number of fused-ring (bicyclic) bond motifs is 1. The molecule has 3 heterocycles. The number of aryl methyl sites for hydroxylation is 1. The second kappa shape index (κ2) is 6.52. The van der Waals surface area contributed by atoms with Gasteiger partial charge in [-0.2, -0.15) is 0 Å². The number of thiophene rings is 1. The first-order chi connectivity index (χ1) is 12.5. The standard InChI is InChI=1S/C20H21NO4S/c1-13-9-16(26-17(13)14-5-3-2-4-6-14)18(22)21-10-15-11-25-8-7-20(15,12-21)19(23)24/h2-6,9,15H,7-8,10-12H2,1H3,(H,23,24)/t15-,20+/m1/s1. The molecule has 0 spiro atoms. The molecule has 0 saturated carbocycles. The number of carboxylic acid groups (broad SMARTS) is 1. The number of ether oxygens (including phenoxy) is 1. The van der Waals surface area contributed by atoms with Crippen molar-refractivity contribution >= 4 is 23.2 Å². The lowest BCUT2D eigenvalue weighted by molar-refractivity contribution is -0.157. The average Bonchev–Trinajstić information content (AvgIpc) is 3.23. The molecule has 0 unspecified atom stereocenters. The molecule has 1 N–H and O–H groups in total. The van der Waals surface area contributed by atoms with E-state index in [0.717, 1.165) is 16.0 Å². The number of hydrogen-bond donors (Lipinski definition) is 1. The van der Waals surface area contributed by atoms with Crippen molar-refractivity contribution in [1.82, 2.24) is 4.90 Å². The molecule has 4 rings (SSSR count). The number of carbonyl (C=O) groups is 2. The van der Waals surface area contributed by atoms with E-state index >= 15 is 0 Å². The van der Waals surface area contributed by atoms with Crippen LogP contribution in [0.25, 0.3) is 10.4 Å². The number of nitrogens with zero attached hydrogens (tertiary/aromatic N) is 1. The number of rotatable bonds is 3. The van der Waals surface area contributed by atoms with E-state index in [-0.39, 0.29) is 18.4 Å². The van der Waals surface area contributed by atoms with E-state index in [2.05, 4.69) is 0 Å². The lowest BCUT2D eigenvalue weighted by Gasteiger charge is -2.33. The van der Waals surface area contributed by atoms with Gasteiger partial charge in [0.05, 0.1) is 16.9 Å². The Morgan fingerprint density at radius 2 is 2.08 bits per heavy atom. The van der Waals surface area contributed by atoms with Crippen LogP contribution in [0.2, 0.25) is 0 Å². The Morgan fingerprint density at radius 3 is 2.77 bits per heavy atom. The molecule has 6 heteroatoms. The van der Waals surface area contributed by atoms with Crippen LogP contribution in [-0.4, -0.2) is 48.2 Å². The molecule has 2 saturated heterocycles. The van der Waals surface area contributed by atoms with Crippen molar-refractivity contribution in [3.8, 4) is 10.4 Å². The molecule has 0 aliphatic carbocycles. The van der Waals surface area contributed by atoms with Gasteiger partial charge in [0.1, 0.15) is 0 Å². The zero-order chi connectivity index (χ0) is 18.3. The number of hydrogen-bond acceptors (Lipinski definition) is 4. The molecule has 0 radical (unpaired) electrons. The lowest BCUT2D eigenvalue weighted by Crippen LogP contribution is -2.45. The number of aliphatic carboxylic acids is 1. The Bertz CT molecular complexity index is 847. The number of benzene rings is 1. The molecule has 1 aromatic heterocycles. The van der Waals surface area contributed by atoms with E-state index in [1.54, 1.807) is 4.90 Å². The predicted octanol–water partition coefficient (Wildman–Crippen LogP) is 3.29. The molecule has 5 nitrogen and oxygen atoms in total. The Morgan fingerprint density at radius 1 is 1.31 bits per heavy atom. The Hall–Kier alpha value is -2.18. The fourth-order valence-corrected chi connectivity index (χ4v) is 5.22. The van der Waals surface area contributed by atoms with Gasteiger partial charge in [0.2, 0.25) is 0 Å². The van der Waals surface area contributed by atoms with E-state index in [1.807, 2.05) is 43.3 Å². The first kappa shape index (κ1) is 17.2. The van der Waals surface area contributed by atoms with Gasteiger partial charge < -0.3 is 14.7 Å². The molecule has 0 bridgehead atoms. The highest BCUT2D eigenvalue weighted by Crippen LogP contribution is 2.43. The van der Waals surface area contributed by atoms with E-state index in [1.165, 1.54) is 11.3 Å². The maximum absolute atomic E-state index is 13.1. The maximum Gasteiger partial charge on any atom is 0.311 e. The summed E-state index contributed by atoms with van der Waals surface area (Å²) in [6, 6.07) is 11.9. The van der Waals surface area contributed by atoms with Crippen molar-refractivity contribution in [3.63, 3.8) is 0 Å². The van der Waals surface area contributed by atoms with Crippen molar-refractivity contribution < 1.29 is 19.4 Å². The maximum atomic E-state index is 13.1. The smallest absolute Gasteiger partial charge is 0.311 e. The molecule has 2 atom stereocenters. The topological polar surface area (TPSA) is 66.8 Å². The fourth-order valence-electron chi connectivity index (χ4n) is 4.07. The third-order valence-electron chi connectivity index (χ3n) is 5.58. The molecule has 2 aliphatic heterocycles. The second-order valence-corrected chi connectivity index (χ2v) is 8.21. The second-order valence-electron chi connectivity index (χ2n) is 7.16. The number of likely N-dealkylation sites (tertiary alicyclic amines) is 1. The highest BCUT2D eigenvalue weighted by Gasteiger charge is 2.55. The van der Waals surface area contributed by atoms with Gasteiger partial charge in [0.25, 0.3) is 5.91 Å². The van der Waals surface area contributed by atoms with Gasteiger partial charge in [0, 0.05) is 30.5 Å². The Labute approximate surface area is 156 Å². The lowest BCUT2D eigenvalue weighted by atomic mass is 9.74. The van der Waals surface area contributed by atoms with Crippen molar-refractivity contribution in [3.05, 3.63) is 46.8 Å². The zero-order valence-electron chi connectivity index (χ0n) is 14.6. The summed E-state index contributed by atoms with van der Waals surface area (Å²) in [6.07, 6.45) is 0.468. The fraction of sp³-hybridized carbons (Fsp3) is 0.400. The summed E-state index contributed by atoms with van der Waals surface area (Å²) in [7, 11) is 0. The van der Waals surface area contributed by atoms with Crippen LogP contribution in [0.4, 0.5) is 0 Å². The summed E-state index contributed by atoms with van der Waals surface area (Å²) in [5.41, 5.74) is 1.31. The van der Waals surface area contributed by atoms with Gasteiger partial charge in [-0.25, -0.2) is 0 Å². The van der Waals surface area contributed by atoms with E-state index in [9.17, 15) is 14.7 Å². The third-order valence-corrected chi connectivity index (χ3v) is 6.86. The largest absolute Gasteiger partial charge is 0.481 e. The summed E-state index contributed by atoms with van der Waals surface area (Å²) in [5.74, 6) is -1.02. The van der Waals surface area contributed by atoms with Gasteiger partial charge in [-0.1, -0.05) is 30.3 Å². The quantitative estimate of drug-likeness (QED) is 0.899. The summed E-state index contributed by atoms with van der Waals surface area (Å²) in [4.78, 5) is 28.4. The molecule has 2 aromatic rings. The van der Waals surface area contributed by atoms with Gasteiger partial charge in [-0.3, -0.25) is 9.59 Å². The number of amides is 1. The molecule has 2 fully saturated rings. The summed E-state index contributed by atoms with van der Waals surface area (Å²) in [6.45, 7) is 3.58. The van der Waals surface area contributed by atoms with E-state index in [0.29, 0.717) is 31.1 Å². The van der Waals surface area contributed by atoms with Crippen LogP contribution in [0.5, 0.6) is 0 Å². The van der Waals surface area contributed by atoms with Crippen molar-refractivity contribution in [2.75, 3.05) is 26.3 Å². The highest BCUT2D eigenvalue weighted by molar-refractivity contribution is 7.17. The van der Waals surface area contributed by atoms with Crippen molar-refractivity contribution in [2.45, 2.75) is 13.3 Å². The van der Waals surface area contributed by atoms with Crippen LogP contribution in [0.3, 0.4) is 0 Å². The predicted molar refractivity (Wildman–Crippen MR) is 99.4 cm³/mol. The molecule has 2 aliphatic rings. The Balaban J connectivity index is 1.60. The summed E-state index contributed by atoms with van der Waals surface area (Å²) < 4.78 is 5.47. The van der Waals surface area contributed by atoms with Gasteiger partial charge in [-0.05, 0) is 30.5 Å². The third kappa shape index (κ3) is 2.73. The van der Waals surface area contributed by atoms with Gasteiger partial charge >= 0.3 is 5.97 Å². The van der Waals surface area contributed by atoms with Crippen molar-refractivity contribution in [2.24, 2.45) is 11.3 Å². The van der Waals surface area contributed by atoms with Crippen LogP contribution in [0.1, 0.15) is 21.7 Å². The SMILES string of the molecule is Cc1cc(C(=O)N2C[C@@H]3COCC[C@]3(C(=O)O)C2)sc1-c1ccccc1. The van der Waals surface area contributed by atoms with Crippen LogP contribution in [-0.2, 0) is 9.53 Å². The Kier molecular flexibility index (Phi) is 4.32. The number of carboxylic acids is 1. The van der Waals surface area contributed by atoms with Crippen molar-refractivity contribution in [1.29, 1.82) is 0 Å². The zero-order valence-corrected chi connectivity index (χ0v) is 15.4. The van der Waals surface area contributed by atoms with Crippen LogP contribution < -0.4 is 0 Å². The minimum absolute atomic E-state index is 0.0738. The molecule has 136 valence electrons. The molecule has 1 aromatic carbocycles. The minimum atomic E-state index is -0.859. The van der Waals surface area contributed by atoms with Crippen LogP contribution in [0, 0.1) is 18.3 Å². The van der Waals surface area contributed by atoms with Gasteiger partial charge in [0.15, 0.2) is 0 Å². The van der Waals surface area contributed by atoms with E-state index < -0.39 is 11.4 Å². The van der Waals surface area contributed by atoms with Gasteiger partial charge in [-0.15, -0.1) is 11.3 Å². The highest BCUT2D eigenvalue weighted by atomic mass is 32.1. The molecule has 1 amide bonds. The number of carbonyl (C=O) groups excluding carboxylic acids is 1. The van der Waals surface area contributed by atoms with Crippen LogP contribution >= 0.6 is 11.3 Å². The first-order valence-corrected chi connectivity index (χ1v) is 9.59. The normalized spacial score (nSPS) is 25.1. The molecular formula is C20H21NO4S. The average molecular weight is 371 g/mol. The monoisotopic (exact) mass is 371 g/mol. The summed E-state index contributed by atoms with van der Waals surface area (Å²) in [5, 5.41) is 9.78. The molecular weight excluding hydrogens is 350 g/mol. The summed E-state index contributed by atoms with van der Waals surface area (Å²) >= 11 is 1.48. The minimum Gasteiger partial charge on any atom is -0.481 e. The first-order valence-electron chi connectivity index (χ1n) is 8.77. The van der Waals surface area contributed by atoms with E-state index in [4.69, 9.17) is 4.74 Å². The molecule has 26 heavy (non-hydrogen) atoms. The van der Waals surface area contributed by atoms with Crippen LogP contribution in [0.15, 0.2) is 36.4 Å².